The molecule has 9 nitrogen and oxygen atoms in total. The Balaban J connectivity index is 0.00000153. The molecule has 0 bridgehead atoms. The number of nitrogen functional groups attached to an aromatic ring is 1. The number of aldehydes is 1. The molecule has 2 aromatic carbocycles. The Morgan fingerprint density at radius 3 is 2.22 bits per heavy atom. The van der Waals surface area contributed by atoms with Crippen molar-refractivity contribution in [2.75, 3.05) is 11.9 Å². The second kappa shape index (κ2) is 13.5. The number of amidine groups is 1. The molecule has 0 unspecified atom stereocenters. The number of rotatable bonds is 8. The highest BCUT2D eigenvalue weighted by molar-refractivity contribution is 6.10. The Morgan fingerprint density at radius 1 is 1.03 bits per heavy atom. The van der Waals surface area contributed by atoms with Crippen molar-refractivity contribution in [1.29, 1.82) is 5.41 Å². The number of nitrogens with two attached hydrogens (primary N) is 1. The largest absolute Gasteiger partial charge is 0.508 e. The minimum atomic E-state index is -0.530. The van der Waals surface area contributed by atoms with Crippen molar-refractivity contribution in [3.05, 3.63) is 77.1 Å². The summed E-state index contributed by atoms with van der Waals surface area (Å²) in [5.41, 5.74) is 7.30. The maximum Gasteiger partial charge on any atom is 0.269 e. The second-order valence-electron chi connectivity index (χ2n) is 8.73. The first-order chi connectivity index (χ1) is 17.6. The zero-order chi connectivity index (χ0) is 27.5. The van der Waals surface area contributed by atoms with Crippen molar-refractivity contribution in [3.63, 3.8) is 0 Å². The number of aromatic hydroxyl groups is 1. The Kier molecular flexibility index (Phi) is 10.5. The van der Waals surface area contributed by atoms with E-state index in [-0.39, 0.29) is 34.5 Å². The normalized spacial score (nSPS) is 10.2. The van der Waals surface area contributed by atoms with E-state index in [2.05, 4.69) is 29.5 Å². The molecule has 3 aromatic rings. The van der Waals surface area contributed by atoms with Crippen molar-refractivity contribution in [2.24, 2.45) is 11.7 Å². The number of carbonyl (C=O) groups excluding carboxylic acids is 3. The van der Waals surface area contributed by atoms with Gasteiger partial charge in [0, 0.05) is 23.4 Å². The fourth-order valence-electron chi connectivity index (χ4n) is 3.19. The number of pyridine rings is 1. The van der Waals surface area contributed by atoms with Gasteiger partial charge >= 0.3 is 0 Å². The molecule has 0 aliphatic heterocycles. The highest BCUT2D eigenvalue weighted by atomic mass is 16.3. The van der Waals surface area contributed by atoms with Gasteiger partial charge in [0.15, 0.2) is 6.29 Å². The van der Waals surface area contributed by atoms with Crippen LogP contribution in [0.5, 0.6) is 5.75 Å². The number of anilines is 1. The molecule has 0 fully saturated rings. The molecule has 0 saturated carbocycles. The number of amides is 2. The Morgan fingerprint density at radius 2 is 1.65 bits per heavy atom. The van der Waals surface area contributed by atoms with E-state index in [1.165, 1.54) is 30.7 Å². The van der Waals surface area contributed by atoms with Gasteiger partial charge in [0.1, 0.15) is 23.0 Å². The van der Waals surface area contributed by atoms with Gasteiger partial charge in [-0.05, 0) is 66.1 Å². The summed E-state index contributed by atoms with van der Waals surface area (Å²) in [6.45, 7) is 8.64. The van der Waals surface area contributed by atoms with Gasteiger partial charge in [-0.3, -0.25) is 19.8 Å². The summed E-state index contributed by atoms with van der Waals surface area (Å²) in [6.07, 6.45) is 1.77. The molecule has 2 amide bonds. The van der Waals surface area contributed by atoms with Crippen LogP contribution in [0, 0.1) is 11.3 Å². The summed E-state index contributed by atoms with van der Waals surface area (Å²) in [4.78, 5) is 41.4. The molecule has 0 aliphatic carbocycles. The highest BCUT2D eigenvalue weighted by Gasteiger charge is 2.19. The summed E-state index contributed by atoms with van der Waals surface area (Å²) in [5, 5.41) is 22.9. The standard InChI is InChI=1S/C25H25N5O4.C3H8/c1-14(2)12-28-25(34)21-10-9-19(22(13-31)30-21)18-8-7-17(32)11-20(18)24(33)29-16-5-3-15(4-6-16)23(26)27;1-3-2/h3-11,13-14,32H,12H2,1-2H3,(H3,26,27)(H,28,34)(H,29,33);3H2,1-2H3. The van der Waals surface area contributed by atoms with E-state index < -0.39 is 11.8 Å². The predicted molar refractivity (Wildman–Crippen MR) is 145 cm³/mol. The van der Waals surface area contributed by atoms with Gasteiger partial charge in [-0.2, -0.15) is 0 Å². The van der Waals surface area contributed by atoms with Crippen LogP contribution >= 0.6 is 0 Å². The van der Waals surface area contributed by atoms with E-state index in [0.29, 0.717) is 35.2 Å². The summed E-state index contributed by atoms with van der Waals surface area (Å²) in [5.74, 6) is -0.905. The van der Waals surface area contributed by atoms with Crippen LogP contribution in [0.4, 0.5) is 5.69 Å². The molecule has 0 radical (unpaired) electrons. The zero-order valence-electron chi connectivity index (χ0n) is 21.5. The monoisotopic (exact) mass is 503 g/mol. The van der Waals surface area contributed by atoms with Gasteiger partial charge in [0.2, 0.25) is 0 Å². The molecule has 194 valence electrons. The lowest BCUT2D eigenvalue weighted by molar-refractivity contribution is 0.0943. The van der Waals surface area contributed by atoms with Crippen molar-refractivity contribution in [1.82, 2.24) is 10.3 Å². The Labute approximate surface area is 216 Å². The van der Waals surface area contributed by atoms with E-state index in [0.717, 1.165) is 0 Å². The molecular weight excluding hydrogens is 470 g/mol. The van der Waals surface area contributed by atoms with Gasteiger partial charge in [0.25, 0.3) is 11.8 Å². The smallest absolute Gasteiger partial charge is 0.269 e. The van der Waals surface area contributed by atoms with Crippen LogP contribution in [0.2, 0.25) is 0 Å². The quantitative estimate of drug-likeness (QED) is 0.172. The van der Waals surface area contributed by atoms with Crippen LogP contribution in [0.15, 0.2) is 54.6 Å². The average molecular weight is 504 g/mol. The Hall–Kier alpha value is -4.53. The third-order valence-electron chi connectivity index (χ3n) is 4.93. The lowest BCUT2D eigenvalue weighted by atomic mass is 9.97. The van der Waals surface area contributed by atoms with Crippen molar-refractivity contribution >= 4 is 29.6 Å². The molecule has 0 aliphatic rings. The van der Waals surface area contributed by atoms with Gasteiger partial charge in [0.05, 0.1) is 5.56 Å². The van der Waals surface area contributed by atoms with Gasteiger partial charge < -0.3 is 21.5 Å². The van der Waals surface area contributed by atoms with Crippen LogP contribution in [-0.4, -0.2) is 40.6 Å². The Bertz CT molecular complexity index is 1270. The van der Waals surface area contributed by atoms with E-state index in [1.54, 1.807) is 30.3 Å². The minimum Gasteiger partial charge on any atom is -0.508 e. The number of phenols is 1. The lowest BCUT2D eigenvalue weighted by Crippen LogP contribution is -2.28. The average Bonchev–Trinajstić information content (AvgIpc) is 2.87. The van der Waals surface area contributed by atoms with Crippen molar-refractivity contribution in [2.45, 2.75) is 34.1 Å². The topological polar surface area (TPSA) is 158 Å². The third-order valence-corrected chi connectivity index (χ3v) is 4.93. The zero-order valence-corrected chi connectivity index (χ0v) is 21.5. The number of hydrogen-bond acceptors (Lipinski definition) is 6. The number of benzene rings is 2. The van der Waals surface area contributed by atoms with Crippen LogP contribution in [0.1, 0.15) is 71.0 Å². The second-order valence-corrected chi connectivity index (χ2v) is 8.73. The van der Waals surface area contributed by atoms with Gasteiger partial charge in [-0.15, -0.1) is 0 Å². The van der Waals surface area contributed by atoms with Crippen LogP contribution < -0.4 is 16.4 Å². The van der Waals surface area contributed by atoms with Gasteiger partial charge in [-0.1, -0.05) is 34.1 Å². The summed E-state index contributed by atoms with van der Waals surface area (Å²) >= 11 is 0. The number of nitrogens with one attached hydrogen (secondary N) is 3. The first kappa shape index (κ1) is 28.7. The summed E-state index contributed by atoms with van der Waals surface area (Å²) in [6, 6.07) is 13.6. The van der Waals surface area contributed by atoms with Crippen molar-refractivity contribution < 1.29 is 19.5 Å². The number of hydrogen-bond donors (Lipinski definition) is 5. The maximum atomic E-state index is 13.0. The molecule has 6 N–H and O–H groups in total. The predicted octanol–water partition coefficient (Wildman–Crippen LogP) is 4.61. The molecule has 1 aromatic heterocycles. The number of nitrogens with zero attached hydrogens (tertiary/aromatic N) is 1. The number of phenolic OH excluding ortho intramolecular Hbond substituents is 1. The molecule has 1 heterocycles. The summed E-state index contributed by atoms with van der Waals surface area (Å²) < 4.78 is 0. The molecule has 0 spiro atoms. The number of carbonyl (C=O) groups is 3. The summed E-state index contributed by atoms with van der Waals surface area (Å²) in [7, 11) is 0. The third kappa shape index (κ3) is 7.99. The van der Waals surface area contributed by atoms with E-state index in [1.807, 2.05) is 13.8 Å². The highest BCUT2D eigenvalue weighted by Crippen LogP contribution is 2.29. The molecule has 3 rings (SSSR count). The number of aromatic nitrogens is 1. The molecule has 9 heteroatoms. The van der Waals surface area contributed by atoms with Crippen LogP contribution in [-0.2, 0) is 0 Å². The lowest BCUT2D eigenvalue weighted by Gasteiger charge is -2.14. The van der Waals surface area contributed by atoms with Crippen LogP contribution in [0.25, 0.3) is 11.1 Å². The van der Waals surface area contributed by atoms with E-state index in [9.17, 15) is 19.5 Å². The minimum absolute atomic E-state index is 0.0113. The molecule has 0 atom stereocenters. The van der Waals surface area contributed by atoms with Crippen LogP contribution in [0.3, 0.4) is 0 Å². The fraction of sp³-hybridized carbons (Fsp3) is 0.250. The van der Waals surface area contributed by atoms with E-state index >= 15 is 0 Å². The van der Waals surface area contributed by atoms with E-state index in [4.69, 9.17) is 11.1 Å². The molecular formula is C28H33N5O4. The molecule has 37 heavy (non-hydrogen) atoms. The van der Waals surface area contributed by atoms with Crippen molar-refractivity contribution in [3.8, 4) is 16.9 Å². The molecule has 0 saturated heterocycles. The van der Waals surface area contributed by atoms with Gasteiger partial charge in [-0.25, -0.2) is 4.98 Å². The fourth-order valence-corrected chi connectivity index (χ4v) is 3.19. The first-order valence-corrected chi connectivity index (χ1v) is 11.9. The first-order valence-electron chi connectivity index (χ1n) is 11.9. The maximum absolute atomic E-state index is 13.0. The SMILES string of the molecule is CC(C)CNC(=O)c1ccc(-c2ccc(O)cc2C(=O)Nc2ccc(C(=N)N)cc2)c(C=O)n1.CCC.